The number of carbonyl (C=O) groups is 3. The smallest absolute Gasteiger partial charge is 0.306 e. The van der Waals surface area contributed by atoms with Crippen molar-refractivity contribution in [2.24, 2.45) is 0 Å². The van der Waals surface area contributed by atoms with Crippen LogP contribution in [0, 0.1) is 0 Å². The zero-order valence-electron chi connectivity index (χ0n) is 42.0. The van der Waals surface area contributed by atoms with E-state index in [0.717, 1.165) is 128 Å². The summed E-state index contributed by atoms with van der Waals surface area (Å²) in [5, 5.41) is 0. The van der Waals surface area contributed by atoms with Gasteiger partial charge < -0.3 is 14.2 Å². The van der Waals surface area contributed by atoms with Crippen molar-refractivity contribution in [1.29, 1.82) is 0 Å². The first-order chi connectivity index (χ1) is 32.0. The Labute approximate surface area is 400 Å². The number of hydrogen-bond acceptors (Lipinski definition) is 6. The second-order valence-corrected chi connectivity index (χ2v) is 17.0. The Kier molecular flexibility index (Phi) is 49.5. The fraction of sp³-hybridized carbons (Fsp3) is 0.644. The lowest BCUT2D eigenvalue weighted by molar-refractivity contribution is -0.167. The third-order valence-corrected chi connectivity index (χ3v) is 10.7. The van der Waals surface area contributed by atoms with Gasteiger partial charge in [-0.25, -0.2) is 0 Å². The maximum Gasteiger partial charge on any atom is 0.306 e. The highest BCUT2D eigenvalue weighted by Gasteiger charge is 2.19. The molecule has 0 aromatic carbocycles. The van der Waals surface area contributed by atoms with E-state index in [1.807, 2.05) is 0 Å². The van der Waals surface area contributed by atoms with Gasteiger partial charge >= 0.3 is 17.9 Å². The van der Waals surface area contributed by atoms with Crippen molar-refractivity contribution in [3.05, 3.63) is 109 Å². The molecule has 0 aliphatic rings. The van der Waals surface area contributed by atoms with Crippen LogP contribution in [0.5, 0.6) is 0 Å². The molecule has 0 fully saturated rings. The molecule has 0 aliphatic carbocycles. The third kappa shape index (κ3) is 50.9. The molecule has 0 saturated carbocycles. The SMILES string of the molecule is CC/C=C\C/C=C\C/C=C\C/C=C\CCCCCCC(=O)OC[C@H](COC(=O)CCCCCCC/C=C\CCCCCCCC)OC(=O)CCCC/C=C\C/C=C\C/C=C\C/C=C\CC. The predicted molar refractivity (Wildman–Crippen MR) is 279 cm³/mol. The molecule has 368 valence electrons. The molecule has 0 N–H and O–H groups in total. The molecular formula is C59H96O6. The molecule has 0 rings (SSSR count). The number of allylic oxidation sites excluding steroid dienone is 18. The van der Waals surface area contributed by atoms with E-state index in [1.165, 1.54) is 51.4 Å². The molecule has 0 radical (unpaired) electrons. The van der Waals surface area contributed by atoms with E-state index in [9.17, 15) is 14.4 Å². The first kappa shape index (κ1) is 61.1. The largest absolute Gasteiger partial charge is 0.462 e. The summed E-state index contributed by atoms with van der Waals surface area (Å²) in [6, 6.07) is 0. The van der Waals surface area contributed by atoms with E-state index >= 15 is 0 Å². The van der Waals surface area contributed by atoms with Crippen LogP contribution in [0.3, 0.4) is 0 Å². The Hall–Kier alpha value is -3.93. The van der Waals surface area contributed by atoms with Crippen LogP contribution < -0.4 is 0 Å². The summed E-state index contributed by atoms with van der Waals surface area (Å²) in [5.41, 5.74) is 0. The van der Waals surface area contributed by atoms with Gasteiger partial charge in [0.05, 0.1) is 0 Å². The van der Waals surface area contributed by atoms with Gasteiger partial charge in [0.15, 0.2) is 6.10 Å². The van der Waals surface area contributed by atoms with Gasteiger partial charge in [-0.15, -0.1) is 0 Å². The number of ether oxygens (including phenoxy) is 3. The van der Waals surface area contributed by atoms with Crippen LogP contribution in [0.25, 0.3) is 0 Å². The molecule has 1 atom stereocenters. The molecule has 0 bridgehead atoms. The standard InChI is InChI=1S/C59H96O6/c1-4-7-10-13-16-19-22-25-28-29-32-34-37-40-43-46-49-52-58(61)64-55-56(65-59(62)53-50-47-44-41-38-35-31-27-24-21-18-15-12-9-6-3)54-63-57(60)51-48-45-42-39-36-33-30-26-23-20-17-14-11-8-5-2/h7,9-10,12,16,18-19,21,25-28,30-32,34,38,41,56H,4-6,8,11,13-15,17,20,22-24,29,33,35-37,39-40,42-55H2,1-3H3/b10-7-,12-9-,19-16-,21-18-,28-25-,30-26-,31-27-,34-32-,41-38-/t56-/m0/s1. The van der Waals surface area contributed by atoms with Crippen LogP contribution in [-0.2, 0) is 28.6 Å². The van der Waals surface area contributed by atoms with Crippen molar-refractivity contribution >= 4 is 17.9 Å². The van der Waals surface area contributed by atoms with Crippen LogP contribution in [0.2, 0.25) is 0 Å². The number of unbranched alkanes of at least 4 members (excludes halogenated alkanes) is 17. The van der Waals surface area contributed by atoms with Gasteiger partial charge in [-0.1, -0.05) is 194 Å². The first-order valence-electron chi connectivity index (χ1n) is 26.4. The number of hydrogen-bond donors (Lipinski definition) is 0. The molecule has 0 amide bonds. The Bertz CT molecular complexity index is 1360. The topological polar surface area (TPSA) is 78.9 Å². The molecule has 0 aromatic rings. The van der Waals surface area contributed by atoms with Gasteiger partial charge in [-0.2, -0.15) is 0 Å². The Balaban J connectivity index is 4.52. The summed E-state index contributed by atoms with van der Waals surface area (Å²) >= 11 is 0. The van der Waals surface area contributed by atoms with E-state index < -0.39 is 6.10 Å². The van der Waals surface area contributed by atoms with Crippen molar-refractivity contribution in [2.45, 2.75) is 232 Å². The van der Waals surface area contributed by atoms with Gasteiger partial charge in [0, 0.05) is 19.3 Å². The summed E-state index contributed by atoms with van der Waals surface area (Å²) in [5.74, 6) is -0.987. The van der Waals surface area contributed by atoms with Crippen molar-refractivity contribution in [1.82, 2.24) is 0 Å². The minimum atomic E-state index is -0.815. The molecule has 0 aliphatic heterocycles. The fourth-order valence-corrected chi connectivity index (χ4v) is 6.83. The highest BCUT2D eigenvalue weighted by molar-refractivity contribution is 5.71. The maximum atomic E-state index is 12.8. The molecule has 0 unspecified atom stereocenters. The summed E-state index contributed by atoms with van der Waals surface area (Å²) in [7, 11) is 0. The normalized spacial score (nSPS) is 13.0. The minimum Gasteiger partial charge on any atom is -0.462 e. The molecule has 0 spiro atoms. The Morgan fingerprint density at radius 2 is 0.600 bits per heavy atom. The van der Waals surface area contributed by atoms with E-state index in [4.69, 9.17) is 14.2 Å². The average molecular weight is 901 g/mol. The lowest BCUT2D eigenvalue weighted by Gasteiger charge is -2.18. The van der Waals surface area contributed by atoms with Gasteiger partial charge in [0.2, 0.25) is 0 Å². The van der Waals surface area contributed by atoms with Crippen LogP contribution in [0.15, 0.2) is 109 Å². The Morgan fingerprint density at radius 3 is 0.985 bits per heavy atom. The highest BCUT2D eigenvalue weighted by atomic mass is 16.6. The van der Waals surface area contributed by atoms with Gasteiger partial charge in [0.1, 0.15) is 13.2 Å². The maximum absolute atomic E-state index is 12.8. The van der Waals surface area contributed by atoms with E-state index in [0.29, 0.717) is 19.3 Å². The Morgan fingerprint density at radius 1 is 0.323 bits per heavy atom. The van der Waals surface area contributed by atoms with Gasteiger partial charge in [0.25, 0.3) is 0 Å². The predicted octanol–water partition coefficient (Wildman–Crippen LogP) is 17.5. The number of carbonyl (C=O) groups excluding carboxylic acids is 3. The van der Waals surface area contributed by atoms with Crippen LogP contribution >= 0.6 is 0 Å². The molecule has 6 heteroatoms. The van der Waals surface area contributed by atoms with Gasteiger partial charge in [-0.05, 0) is 122 Å². The van der Waals surface area contributed by atoms with Crippen molar-refractivity contribution in [3.8, 4) is 0 Å². The van der Waals surface area contributed by atoms with Crippen molar-refractivity contribution in [3.63, 3.8) is 0 Å². The molecule has 0 aromatic heterocycles. The second kappa shape index (κ2) is 52.7. The zero-order chi connectivity index (χ0) is 47.2. The van der Waals surface area contributed by atoms with Crippen LogP contribution in [0.4, 0.5) is 0 Å². The van der Waals surface area contributed by atoms with Crippen molar-refractivity contribution in [2.75, 3.05) is 13.2 Å². The lowest BCUT2D eigenvalue weighted by atomic mass is 10.1. The molecule has 65 heavy (non-hydrogen) atoms. The molecular weight excluding hydrogens is 805 g/mol. The average Bonchev–Trinajstić information content (AvgIpc) is 3.30. The van der Waals surface area contributed by atoms with E-state index in [-0.39, 0.29) is 37.5 Å². The fourth-order valence-electron chi connectivity index (χ4n) is 6.83. The van der Waals surface area contributed by atoms with Crippen LogP contribution in [0.1, 0.15) is 226 Å². The summed E-state index contributed by atoms with van der Waals surface area (Å²) in [6.07, 6.45) is 70.7. The monoisotopic (exact) mass is 901 g/mol. The number of rotatable bonds is 46. The quantitative estimate of drug-likeness (QED) is 0.0262. The second-order valence-electron chi connectivity index (χ2n) is 17.0. The molecule has 0 saturated heterocycles. The summed E-state index contributed by atoms with van der Waals surface area (Å²) < 4.78 is 16.8. The third-order valence-electron chi connectivity index (χ3n) is 10.7. The summed E-state index contributed by atoms with van der Waals surface area (Å²) in [4.78, 5) is 38.0. The zero-order valence-corrected chi connectivity index (χ0v) is 42.0. The van der Waals surface area contributed by atoms with E-state index in [2.05, 4.69) is 130 Å². The minimum absolute atomic E-state index is 0.109. The molecule has 6 nitrogen and oxygen atoms in total. The lowest BCUT2D eigenvalue weighted by Crippen LogP contribution is -2.30. The van der Waals surface area contributed by atoms with E-state index in [1.54, 1.807) is 0 Å². The summed E-state index contributed by atoms with van der Waals surface area (Å²) in [6.45, 7) is 6.33. The van der Waals surface area contributed by atoms with Crippen LogP contribution in [-0.4, -0.2) is 37.2 Å². The van der Waals surface area contributed by atoms with Crippen molar-refractivity contribution < 1.29 is 28.6 Å². The first-order valence-corrected chi connectivity index (χ1v) is 26.4. The van der Waals surface area contributed by atoms with Gasteiger partial charge in [-0.3, -0.25) is 14.4 Å². The highest BCUT2D eigenvalue weighted by Crippen LogP contribution is 2.13. The number of esters is 3. The molecule has 0 heterocycles.